The Hall–Kier alpha value is -2.38. The molecule has 0 saturated heterocycles. The third-order valence-electron chi connectivity index (χ3n) is 4.66. The van der Waals surface area contributed by atoms with Crippen LogP contribution in [0.5, 0.6) is 0 Å². The van der Waals surface area contributed by atoms with E-state index in [4.69, 9.17) is 11.6 Å². The predicted octanol–water partition coefficient (Wildman–Crippen LogP) is 3.80. The van der Waals surface area contributed by atoms with Crippen LogP contribution >= 0.6 is 11.6 Å². The van der Waals surface area contributed by atoms with Crippen LogP contribution in [0.2, 0.25) is 5.02 Å². The van der Waals surface area contributed by atoms with Gasteiger partial charge < -0.3 is 10.6 Å². The molecule has 148 valence electrons. The highest BCUT2D eigenvalue weighted by molar-refractivity contribution is 7.91. The number of benzene rings is 2. The van der Waals surface area contributed by atoms with Gasteiger partial charge in [-0.25, -0.2) is 8.42 Å². The van der Waals surface area contributed by atoms with Gasteiger partial charge in [0.1, 0.15) is 0 Å². The molecule has 0 bridgehead atoms. The number of halogens is 1. The molecular weight excluding hydrogens is 400 g/mol. The Morgan fingerprint density at radius 3 is 2.29 bits per heavy atom. The molecule has 2 aromatic carbocycles. The summed E-state index contributed by atoms with van der Waals surface area (Å²) in [6.07, 6.45) is 4.04. The van der Waals surface area contributed by atoms with Crippen molar-refractivity contribution >= 4 is 38.9 Å². The van der Waals surface area contributed by atoms with E-state index in [0.29, 0.717) is 10.6 Å². The van der Waals surface area contributed by atoms with E-state index in [-0.39, 0.29) is 27.4 Å². The van der Waals surface area contributed by atoms with Crippen molar-refractivity contribution in [2.24, 2.45) is 0 Å². The fourth-order valence-corrected chi connectivity index (χ4v) is 4.79. The highest BCUT2D eigenvalue weighted by Crippen LogP contribution is 2.30. The summed E-state index contributed by atoms with van der Waals surface area (Å²) in [5.74, 6) is -0.713. The highest BCUT2D eigenvalue weighted by atomic mass is 35.5. The minimum Gasteiger partial charge on any atom is -0.349 e. The van der Waals surface area contributed by atoms with Crippen molar-refractivity contribution in [2.45, 2.75) is 48.4 Å². The third-order valence-corrected chi connectivity index (χ3v) is 6.74. The van der Waals surface area contributed by atoms with Gasteiger partial charge in [0, 0.05) is 23.6 Å². The zero-order valence-corrected chi connectivity index (χ0v) is 16.9. The molecule has 1 aliphatic carbocycles. The van der Waals surface area contributed by atoms with E-state index in [0.717, 1.165) is 25.7 Å². The van der Waals surface area contributed by atoms with Crippen molar-refractivity contribution < 1.29 is 18.0 Å². The summed E-state index contributed by atoms with van der Waals surface area (Å²) in [5.41, 5.74) is 0.368. The van der Waals surface area contributed by atoms with Gasteiger partial charge in [-0.1, -0.05) is 24.4 Å². The standard InChI is InChI=1S/C20H21ClN2O4S/c1-13(24)22-18-12-14(20(25)23-16-4-2-3-5-16)6-11-19(18)28(26,27)17-9-7-15(21)8-10-17/h6-12,16H,2-5H2,1H3,(H,22,24)(H,23,25). The highest BCUT2D eigenvalue weighted by Gasteiger charge is 2.24. The van der Waals surface area contributed by atoms with Gasteiger partial charge in [0.05, 0.1) is 15.5 Å². The molecule has 6 nitrogen and oxygen atoms in total. The number of anilines is 1. The maximum atomic E-state index is 13.0. The van der Waals surface area contributed by atoms with Crippen molar-refractivity contribution in [1.82, 2.24) is 5.32 Å². The molecule has 1 fully saturated rings. The Balaban J connectivity index is 1.97. The van der Waals surface area contributed by atoms with Crippen LogP contribution in [0.1, 0.15) is 43.0 Å². The number of hydrogen-bond acceptors (Lipinski definition) is 4. The van der Waals surface area contributed by atoms with E-state index < -0.39 is 15.7 Å². The number of hydrogen-bond donors (Lipinski definition) is 2. The maximum absolute atomic E-state index is 13.0. The average Bonchev–Trinajstić information content (AvgIpc) is 3.14. The Morgan fingerprint density at radius 1 is 1.04 bits per heavy atom. The largest absolute Gasteiger partial charge is 0.349 e. The van der Waals surface area contributed by atoms with Crippen molar-refractivity contribution in [3.8, 4) is 0 Å². The zero-order chi connectivity index (χ0) is 20.3. The van der Waals surface area contributed by atoms with E-state index in [1.54, 1.807) is 0 Å². The first-order valence-corrected chi connectivity index (χ1v) is 10.9. The summed E-state index contributed by atoms with van der Waals surface area (Å²) in [6.45, 7) is 1.28. The van der Waals surface area contributed by atoms with Gasteiger partial charge in [-0.2, -0.15) is 0 Å². The normalized spacial score (nSPS) is 14.6. The maximum Gasteiger partial charge on any atom is 0.251 e. The molecule has 0 heterocycles. The fraction of sp³-hybridized carbons (Fsp3) is 0.300. The van der Waals surface area contributed by atoms with Crippen LogP contribution in [-0.2, 0) is 14.6 Å². The lowest BCUT2D eigenvalue weighted by atomic mass is 10.1. The Morgan fingerprint density at radius 2 is 1.68 bits per heavy atom. The molecule has 2 aromatic rings. The SMILES string of the molecule is CC(=O)Nc1cc(C(=O)NC2CCCC2)ccc1S(=O)(=O)c1ccc(Cl)cc1. The molecule has 0 aliphatic heterocycles. The minimum absolute atomic E-state index is 0.0478. The first kappa shape index (κ1) is 20.4. The first-order valence-electron chi connectivity index (χ1n) is 9.00. The van der Waals surface area contributed by atoms with Gasteiger partial charge in [0.25, 0.3) is 5.91 Å². The van der Waals surface area contributed by atoms with E-state index >= 15 is 0 Å². The summed E-state index contributed by atoms with van der Waals surface area (Å²) >= 11 is 5.84. The molecule has 0 aromatic heterocycles. The molecule has 3 rings (SSSR count). The summed E-state index contributed by atoms with van der Waals surface area (Å²) in [7, 11) is -3.90. The Kier molecular flexibility index (Phi) is 6.05. The quantitative estimate of drug-likeness (QED) is 0.769. The van der Waals surface area contributed by atoms with Crippen LogP contribution in [0.3, 0.4) is 0 Å². The van der Waals surface area contributed by atoms with Crippen LogP contribution in [0.15, 0.2) is 52.3 Å². The molecule has 0 spiro atoms. The van der Waals surface area contributed by atoms with Gasteiger partial charge in [-0.3, -0.25) is 9.59 Å². The summed E-state index contributed by atoms with van der Waals surface area (Å²) in [4.78, 5) is 24.1. The first-order chi connectivity index (χ1) is 13.3. The second-order valence-electron chi connectivity index (χ2n) is 6.80. The molecule has 28 heavy (non-hydrogen) atoms. The molecule has 0 unspecified atom stereocenters. The molecule has 0 radical (unpaired) electrons. The lowest BCUT2D eigenvalue weighted by molar-refractivity contribution is -0.114. The molecular formula is C20H21ClN2O4S. The number of carbonyl (C=O) groups excluding carboxylic acids is 2. The van der Waals surface area contributed by atoms with Gasteiger partial charge in [0.2, 0.25) is 15.7 Å². The van der Waals surface area contributed by atoms with E-state index in [1.807, 2.05) is 0 Å². The fourth-order valence-electron chi connectivity index (χ4n) is 3.27. The van der Waals surface area contributed by atoms with Crippen molar-refractivity contribution in [3.63, 3.8) is 0 Å². The summed E-state index contributed by atoms with van der Waals surface area (Å²) < 4.78 is 26.0. The van der Waals surface area contributed by atoms with Crippen LogP contribution in [-0.4, -0.2) is 26.3 Å². The smallest absolute Gasteiger partial charge is 0.251 e. The number of carbonyl (C=O) groups is 2. The summed E-state index contributed by atoms with van der Waals surface area (Å²) in [6, 6.07) is 10.1. The van der Waals surface area contributed by atoms with Gasteiger partial charge in [0.15, 0.2) is 0 Å². The second-order valence-corrected chi connectivity index (χ2v) is 9.16. The van der Waals surface area contributed by atoms with Gasteiger partial charge >= 0.3 is 0 Å². The van der Waals surface area contributed by atoms with Crippen LogP contribution in [0.25, 0.3) is 0 Å². The Bertz CT molecular complexity index is 997. The zero-order valence-electron chi connectivity index (χ0n) is 15.4. The molecule has 0 atom stereocenters. The lowest BCUT2D eigenvalue weighted by Gasteiger charge is -2.15. The molecule has 2 amide bonds. The third kappa shape index (κ3) is 4.54. The number of sulfone groups is 1. The Labute approximate surface area is 169 Å². The average molecular weight is 421 g/mol. The lowest BCUT2D eigenvalue weighted by Crippen LogP contribution is -2.32. The van der Waals surface area contributed by atoms with Crippen LogP contribution < -0.4 is 10.6 Å². The number of rotatable bonds is 5. The van der Waals surface area contributed by atoms with Gasteiger partial charge in [-0.05, 0) is 55.3 Å². The van der Waals surface area contributed by atoms with E-state index in [9.17, 15) is 18.0 Å². The van der Waals surface area contributed by atoms with Crippen molar-refractivity contribution in [3.05, 3.63) is 53.1 Å². The monoisotopic (exact) mass is 420 g/mol. The predicted molar refractivity (Wildman–Crippen MR) is 107 cm³/mol. The van der Waals surface area contributed by atoms with E-state index in [2.05, 4.69) is 10.6 Å². The topological polar surface area (TPSA) is 92.3 Å². The minimum atomic E-state index is -3.90. The number of amides is 2. The number of nitrogens with one attached hydrogen (secondary N) is 2. The molecule has 8 heteroatoms. The van der Waals surface area contributed by atoms with Gasteiger partial charge in [-0.15, -0.1) is 0 Å². The van der Waals surface area contributed by atoms with Crippen LogP contribution in [0.4, 0.5) is 5.69 Å². The second kappa shape index (κ2) is 8.32. The van der Waals surface area contributed by atoms with Crippen LogP contribution in [0, 0.1) is 0 Å². The molecule has 1 aliphatic rings. The van der Waals surface area contributed by atoms with Crippen molar-refractivity contribution in [1.29, 1.82) is 0 Å². The van der Waals surface area contributed by atoms with E-state index in [1.165, 1.54) is 49.4 Å². The molecule has 2 N–H and O–H groups in total. The summed E-state index contributed by atoms with van der Waals surface area (Å²) in [5, 5.41) is 5.90. The molecule has 1 saturated carbocycles. The van der Waals surface area contributed by atoms with Crippen molar-refractivity contribution in [2.75, 3.05) is 5.32 Å².